The van der Waals surface area contributed by atoms with Crippen molar-refractivity contribution in [3.63, 3.8) is 0 Å². The number of halogens is 1. The summed E-state index contributed by atoms with van der Waals surface area (Å²) in [7, 11) is 1.66. The standard InChI is InChI=1S/C16H22BrN3O/c1-4-12-9-13(20(5-2)19-12)10-15(18)11-6-7-16(21-3)14(17)8-11/h6-9,15H,4-5,10,18H2,1-3H3. The highest BCUT2D eigenvalue weighted by molar-refractivity contribution is 9.10. The number of benzene rings is 1. The Morgan fingerprint density at radius 2 is 2.10 bits per heavy atom. The van der Waals surface area contributed by atoms with Gasteiger partial charge in [-0.25, -0.2) is 0 Å². The van der Waals surface area contributed by atoms with Crippen LogP contribution in [0, 0.1) is 0 Å². The molecule has 0 fully saturated rings. The van der Waals surface area contributed by atoms with Gasteiger partial charge in [0.15, 0.2) is 0 Å². The molecule has 1 aromatic heterocycles. The summed E-state index contributed by atoms with van der Waals surface area (Å²) in [5, 5.41) is 4.57. The summed E-state index contributed by atoms with van der Waals surface area (Å²) in [6.45, 7) is 5.09. The summed E-state index contributed by atoms with van der Waals surface area (Å²) in [6, 6.07) is 8.08. The van der Waals surface area contributed by atoms with Crippen molar-refractivity contribution in [2.75, 3.05) is 7.11 Å². The maximum Gasteiger partial charge on any atom is 0.133 e. The van der Waals surface area contributed by atoms with Crippen LogP contribution in [0.5, 0.6) is 5.75 Å². The molecule has 0 aliphatic rings. The first kappa shape index (κ1) is 16.0. The van der Waals surface area contributed by atoms with E-state index in [9.17, 15) is 0 Å². The van der Waals surface area contributed by atoms with Gasteiger partial charge >= 0.3 is 0 Å². The van der Waals surface area contributed by atoms with Crippen LogP contribution in [0.25, 0.3) is 0 Å². The van der Waals surface area contributed by atoms with E-state index in [2.05, 4.69) is 40.9 Å². The third-order valence-electron chi connectivity index (χ3n) is 3.61. The van der Waals surface area contributed by atoms with Gasteiger partial charge in [0, 0.05) is 24.7 Å². The van der Waals surface area contributed by atoms with Gasteiger partial charge < -0.3 is 10.5 Å². The summed E-state index contributed by atoms with van der Waals surface area (Å²) in [6.07, 6.45) is 1.73. The second kappa shape index (κ2) is 7.09. The average Bonchev–Trinajstić information content (AvgIpc) is 2.89. The van der Waals surface area contributed by atoms with Crippen LogP contribution >= 0.6 is 15.9 Å². The van der Waals surface area contributed by atoms with E-state index in [1.165, 1.54) is 5.69 Å². The third-order valence-corrected chi connectivity index (χ3v) is 4.23. The minimum Gasteiger partial charge on any atom is -0.496 e. The largest absolute Gasteiger partial charge is 0.496 e. The predicted molar refractivity (Wildman–Crippen MR) is 88.6 cm³/mol. The predicted octanol–water partition coefficient (Wildman–Crippen LogP) is 3.48. The zero-order chi connectivity index (χ0) is 15.4. The van der Waals surface area contributed by atoms with E-state index in [0.29, 0.717) is 0 Å². The number of aromatic nitrogens is 2. The Bertz CT molecular complexity index is 610. The monoisotopic (exact) mass is 351 g/mol. The minimum atomic E-state index is -0.0566. The molecule has 114 valence electrons. The van der Waals surface area contributed by atoms with Crippen LogP contribution in [-0.2, 0) is 19.4 Å². The molecular weight excluding hydrogens is 330 g/mol. The van der Waals surface area contributed by atoms with E-state index in [1.54, 1.807) is 7.11 Å². The van der Waals surface area contributed by atoms with Crippen molar-refractivity contribution in [3.8, 4) is 5.75 Å². The van der Waals surface area contributed by atoms with Crippen LogP contribution in [0.4, 0.5) is 0 Å². The summed E-state index contributed by atoms with van der Waals surface area (Å²) >= 11 is 3.51. The van der Waals surface area contributed by atoms with Crippen LogP contribution in [0.3, 0.4) is 0 Å². The lowest BCUT2D eigenvalue weighted by Gasteiger charge is -2.14. The SMILES string of the molecule is CCc1cc(CC(N)c2ccc(OC)c(Br)c2)n(CC)n1. The molecule has 1 heterocycles. The molecule has 2 rings (SSSR count). The highest BCUT2D eigenvalue weighted by atomic mass is 79.9. The van der Waals surface area contributed by atoms with Gasteiger partial charge in [-0.05, 0) is 53.0 Å². The van der Waals surface area contributed by atoms with Gasteiger partial charge in [0.25, 0.3) is 0 Å². The average molecular weight is 352 g/mol. The summed E-state index contributed by atoms with van der Waals surface area (Å²) in [5.41, 5.74) is 9.76. The van der Waals surface area contributed by atoms with Gasteiger partial charge in [-0.15, -0.1) is 0 Å². The van der Waals surface area contributed by atoms with Crippen molar-refractivity contribution < 1.29 is 4.74 Å². The maximum atomic E-state index is 6.36. The first-order valence-corrected chi connectivity index (χ1v) is 8.02. The highest BCUT2D eigenvalue weighted by Crippen LogP contribution is 2.28. The quantitative estimate of drug-likeness (QED) is 0.866. The van der Waals surface area contributed by atoms with Gasteiger partial charge in [0.05, 0.1) is 17.3 Å². The normalized spacial score (nSPS) is 12.4. The lowest BCUT2D eigenvalue weighted by Crippen LogP contribution is -2.16. The number of aryl methyl sites for hydroxylation is 2. The van der Waals surface area contributed by atoms with Gasteiger partial charge in [-0.1, -0.05) is 13.0 Å². The molecule has 2 N–H and O–H groups in total. The van der Waals surface area contributed by atoms with E-state index >= 15 is 0 Å². The molecule has 1 unspecified atom stereocenters. The van der Waals surface area contributed by atoms with Gasteiger partial charge in [-0.2, -0.15) is 5.10 Å². The number of hydrogen-bond acceptors (Lipinski definition) is 3. The number of nitrogens with zero attached hydrogens (tertiary/aromatic N) is 2. The molecular formula is C16H22BrN3O. The molecule has 0 saturated carbocycles. The van der Waals surface area contributed by atoms with Crippen LogP contribution in [0.2, 0.25) is 0 Å². The minimum absolute atomic E-state index is 0.0566. The second-order valence-electron chi connectivity index (χ2n) is 5.00. The zero-order valence-electron chi connectivity index (χ0n) is 12.8. The van der Waals surface area contributed by atoms with Crippen molar-refractivity contribution in [2.24, 2.45) is 5.73 Å². The molecule has 1 aromatic carbocycles. The lowest BCUT2D eigenvalue weighted by atomic mass is 10.0. The molecule has 4 nitrogen and oxygen atoms in total. The summed E-state index contributed by atoms with van der Waals surface area (Å²) in [5.74, 6) is 0.817. The molecule has 21 heavy (non-hydrogen) atoms. The number of hydrogen-bond donors (Lipinski definition) is 1. The fraction of sp³-hybridized carbons (Fsp3) is 0.438. The van der Waals surface area contributed by atoms with E-state index in [-0.39, 0.29) is 6.04 Å². The molecule has 0 bridgehead atoms. The van der Waals surface area contributed by atoms with Crippen LogP contribution in [0.1, 0.15) is 36.8 Å². The van der Waals surface area contributed by atoms with Crippen molar-refractivity contribution in [1.82, 2.24) is 9.78 Å². The van der Waals surface area contributed by atoms with E-state index in [1.807, 2.05) is 22.9 Å². The Kier molecular flexibility index (Phi) is 5.42. The highest BCUT2D eigenvalue weighted by Gasteiger charge is 2.13. The summed E-state index contributed by atoms with van der Waals surface area (Å²) < 4.78 is 8.22. The Hall–Kier alpha value is -1.33. The fourth-order valence-corrected chi connectivity index (χ4v) is 2.94. The molecule has 0 aliphatic heterocycles. The molecule has 1 atom stereocenters. The topological polar surface area (TPSA) is 53.1 Å². The van der Waals surface area contributed by atoms with Crippen molar-refractivity contribution >= 4 is 15.9 Å². The summed E-state index contributed by atoms with van der Waals surface area (Å²) in [4.78, 5) is 0. The fourth-order valence-electron chi connectivity index (χ4n) is 2.38. The molecule has 0 aliphatic carbocycles. The first-order valence-electron chi connectivity index (χ1n) is 7.23. The third kappa shape index (κ3) is 3.66. The number of ether oxygens (including phenoxy) is 1. The first-order chi connectivity index (χ1) is 10.1. The number of methoxy groups -OCH3 is 1. The molecule has 0 amide bonds. The van der Waals surface area contributed by atoms with Crippen molar-refractivity contribution in [2.45, 2.75) is 39.3 Å². The Morgan fingerprint density at radius 3 is 2.67 bits per heavy atom. The van der Waals surface area contributed by atoms with E-state index in [0.717, 1.165) is 40.9 Å². The van der Waals surface area contributed by atoms with Crippen LogP contribution in [-0.4, -0.2) is 16.9 Å². The lowest BCUT2D eigenvalue weighted by molar-refractivity contribution is 0.412. The Morgan fingerprint density at radius 1 is 1.33 bits per heavy atom. The van der Waals surface area contributed by atoms with Crippen LogP contribution in [0.15, 0.2) is 28.7 Å². The molecule has 5 heteroatoms. The van der Waals surface area contributed by atoms with Crippen molar-refractivity contribution in [3.05, 3.63) is 45.7 Å². The van der Waals surface area contributed by atoms with E-state index in [4.69, 9.17) is 10.5 Å². The Balaban J connectivity index is 2.19. The van der Waals surface area contributed by atoms with Gasteiger partial charge in [0.1, 0.15) is 5.75 Å². The van der Waals surface area contributed by atoms with Gasteiger partial charge in [0.2, 0.25) is 0 Å². The molecule has 0 radical (unpaired) electrons. The van der Waals surface area contributed by atoms with Gasteiger partial charge in [-0.3, -0.25) is 4.68 Å². The molecule has 0 spiro atoms. The van der Waals surface area contributed by atoms with Crippen LogP contribution < -0.4 is 10.5 Å². The second-order valence-corrected chi connectivity index (χ2v) is 5.86. The van der Waals surface area contributed by atoms with Crippen molar-refractivity contribution in [1.29, 1.82) is 0 Å². The zero-order valence-corrected chi connectivity index (χ0v) is 14.4. The Labute approximate surface area is 134 Å². The number of rotatable bonds is 6. The molecule has 0 saturated heterocycles. The maximum absolute atomic E-state index is 6.36. The number of nitrogens with two attached hydrogens (primary N) is 1. The van der Waals surface area contributed by atoms with E-state index < -0.39 is 0 Å². The molecule has 2 aromatic rings. The smallest absolute Gasteiger partial charge is 0.133 e.